The molecule has 138 valence electrons. The SMILES string of the molecule is CCc1ccccc1Nc1c(-c2ccncc2)[nH]c2c1C(=O)CC(C)(C)C2. The van der Waals surface area contributed by atoms with Crippen LogP contribution in [0.5, 0.6) is 0 Å². The first kappa shape index (κ1) is 17.5. The molecular weight excluding hydrogens is 334 g/mol. The molecule has 0 saturated carbocycles. The molecule has 0 atom stereocenters. The minimum Gasteiger partial charge on any atom is -0.356 e. The molecule has 4 heteroatoms. The van der Waals surface area contributed by atoms with Gasteiger partial charge in [0.1, 0.15) is 0 Å². The first-order chi connectivity index (χ1) is 13.0. The highest BCUT2D eigenvalue weighted by Crippen LogP contribution is 2.43. The second kappa shape index (κ2) is 6.69. The molecule has 1 aliphatic rings. The summed E-state index contributed by atoms with van der Waals surface area (Å²) in [6.07, 6.45) is 5.93. The zero-order chi connectivity index (χ0) is 19.0. The molecule has 2 aromatic heterocycles. The van der Waals surface area contributed by atoms with Crippen molar-refractivity contribution in [2.45, 2.75) is 40.0 Å². The fourth-order valence-corrected chi connectivity index (χ4v) is 4.00. The number of aromatic nitrogens is 2. The van der Waals surface area contributed by atoms with E-state index < -0.39 is 0 Å². The number of nitrogens with one attached hydrogen (secondary N) is 2. The van der Waals surface area contributed by atoms with Crippen LogP contribution in [-0.4, -0.2) is 15.8 Å². The summed E-state index contributed by atoms with van der Waals surface area (Å²) in [5.74, 6) is 0.203. The maximum Gasteiger partial charge on any atom is 0.167 e. The lowest BCUT2D eigenvalue weighted by atomic mass is 9.76. The Balaban J connectivity index is 1.89. The molecule has 0 aliphatic heterocycles. The maximum atomic E-state index is 13.0. The van der Waals surface area contributed by atoms with Gasteiger partial charge in [-0.15, -0.1) is 0 Å². The average molecular weight is 359 g/mol. The lowest BCUT2D eigenvalue weighted by Gasteiger charge is -2.28. The van der Waals surface area contributed by atoms with Crippen LogP contribution >= 0.6 is 0 Å². The first-order valence-corrected chi connectivity index (χ1v) is 9.52. The van der Waals surface area contributed by atoms with Crippen LogP contribution in [0, 0.1) is 5.41 Å². The summed E-state index contributed by atoms with van der Waals surface area (Å²) in [6, 6.07) is 12.2. The molecule has 1 aromatic carbocycles. The molecule has 2 heterocycles. The predicted molar refractivity (Wildman–Crippen MR) is 110 cm³/mol. The zero-order valence-corrected chi connectivity index (χ0v) is 16.1. The minimum atomic E-state index is -0.0248. The van der Waals surface area contributed by atoms with Crippen LogP contribution in [0.1, 0.15) is 48.8 Å². The van der Waals surface area contributed by atoms with Crippen molar-refractivity contribution in [3.63, 3.8) is 0 Å². The number of hydrogen-bond acceptors (Lipinski definition) is 3. The highest BCUT2D eigenvalue weighted by atomic mass is 16.1. The summed E-state index contributed by atoms with van der Waals surface area (Å²) >= 11 is 0. The molecule has 0 amide bonds. The van der Waals surface area contributed by atoms with Crippen molar-refractivity contribution < 1.29 is 4.79 Å². The summed E-state index contributed by atoms with van der Waals surface area (Å²) in [5, 5.41) is 3.58. The molecule has 4 rings (SSSR count). The summed E-state index contributed by atoms with van der Waals surface area (Å²) in [7, 11) is 0. The van der Waals surface area contributed by atoms with Gasteiger partial charge >= 0.3 is 0 Å². The Morgan fingerprint density at radius 3 is 2.59 bits per heavy atom. The largest absolute Gasteiger partial charge is 0.356 e. The Morgan fingerprint density at radius 2 is 1.85 bits per heavy atom. The van der Waals surface area contributed by atoms with E-state index in [1.165, 1.54) is 5.56 Å². The van der Waals surface area contributed by atoms with Crippen molar-refractivity contribution in [2.24, 2.45) is 5.41 Å². The Hall–Kier alpha value is -2.88. The number of anilines is 2. The number of benzene rings is 1. The molecule has 0 fully saturated rings. The molecule has 3 aromatic rings. The van der Waals surface area contributed by atoms with E-state index in [1.807, 2.05) is 24.3 Å². The Bertz CT molecular complexity index is 986. The third kappa shape index (κ3) is 3.27. The summed E-state index contributed by atoms with van der Waals surface area (Å²) < 4.78 is 0. The van der Waals surface area contributed by atoms with E-state index >= 15 is 0 Å². The molecule has 0 saturated heterocycles. The van der Waals surface area contributed by atoms with Gasteiger partial charge in [-0.05, 0) is 42.0 Å². The second-order valence-electron chi connectivity index (χ2n) is 8.04. The number of para-hydroxylation sites is 1. The van der Waals surface area contributed by atoms with E-state index in [-0.39, 0.29) is 11.2 Å². The number of aryl methyl sites for hydroxylation is 1. The van der Waals surface area contributed by atoms with Gasteiger partial charge in [-0.1, -0.05) is 39.0 Å². The van der Waals surface area contributed by atoms with Crippen molar-refractivity contribution in [1.29, 1.82) is 0 Å². The maximum absolute atomic E-state index is 13.0. The number of hydrogen-bond donors (Lipinski definition) is 2. The van der Waals surface area contributed by atoms with E-state index in [4.69, 9.17) is 0 Å². The molecule has 27 heavy (non-hydrogen) atoms. The normalized spacial score (nSPS) is 15.4. The van der Waals surface area contributed by atoms with E-state index in [2.05, 4.69) is 48.2 Å². The molecule has 0 bridgehead atoms. The number of rotatable bonds is 4. The van der Waals surface area contributed by atoms with Crippen LogP contribution in [0.4, 0.5) is 11.4 Å². The first-order valence-electron chi connectivity index (χ1n) is 9.52. The van der Waals surface area contributed by atoms with Crippen molar-refractivity contribution in [1.82, 2.24) is 9.97 Å². The number of pyridine rings is 1. The van der Waals surface area contributed by atoms with E-state index in [1.54, 1.807) is 12.4 Å². The predicted octanol–water partition coefficient (Wildman–Crippen LogP) is 5.54. The van der Waals surface area contributed by atoms with E-state index in [0.29, 0.717) is 6.42 Å². The van der Waals surface area contributed by atoms with Gasteiger partial charge in [0.2, 0.25) is 0 Å². The third-order valence-electron chi connectivity index (χ3n) is 5.28. The number of H-pyrrole nitrogens is 1. The zero-order valence-electron chi connectivity index (χ0n) is 16.1. The van der Waals surface area contributed by atoms with Gasteiger partial charge in [0.05, 0.1) is 16.9 Å². The van der Waals surface area contributed by atoms with Gasteiger partial charge in [-0.25, -0.2) is 0 Å². The smallest absolute Gasteiger partial charge is 0.167 e. The van der Waals surface area contributed by atoms with Crippen molar-refractivity contribution in [2.75, 3.05) is 5.32 Å². The van der Waals surface area contributed by atoms with E-state index in [0.717, 1.165) is 46.7 Å². The van der Waals surface area contributed by atoms with Gasteiger partial charge in [0.15, 0.2) is 5.78 Å². The molecule has 0 unspecified atom stereocenters. The van der Waals surface area contributed by atoms with Crippen LogP contribution in [0.15, 0.2) is 48.8 Å². The number of nitrogens with zero attached hydrogens (tertiary/aromatic N) is 1. The average Bonchev–Trinajstić information content (AvgIpc) is 3.00. The van der Waals surface area contributed by atoms with Gasteiger partial charge in [-0.2, -0.15) is 0 Å². The summed E-state index contributed by atoms with van der Waals surface area (Å²) in [4.78, 5) is 20.7. The monoisotopic (exact) mass is 359 g/mol. The van der Waals surface area contributed by atoms with Gasteiger partial charge in [0, 0.05) is 35.8 Å². The van der Waals surface area contributed by atoms with Crippen LogP contribution in [0.2, 0.25) is 0 Å². The van der Waals surface area contributed by atoms with Gasteiger partial charge in [-0.3, -0.25) is 9.78 Å². The Kier molecular flexibility index (Phi) is 4.34. The molecule has 4 nitrogen and oxygen atoms in total. The number of carbonyl (C=O) groups is 1. The molecular formula is C23H25N3O. The Morgan fingerprint density at radius 1 is 1.11 bits per heavy atom. The Labute approximate surface area is 160 Å². The van der Waals surface area contributed by atoms with Crippen LogP contribution in [0.3, 0.4) is 0 Å². The lowest BCUT2D eigenvalue weighted by molar-refractivity contribution is 0.0912. The topological polar surface area (TPSA) is 57.8 Å². The number of carbonyl (C=O) groups excluding carboxylic acids is 1. The second-order valence-corrected chi connectivity index (χ2v) is 8.04. The molecule has 2 N–H and O–H groups in total. The fraction of sp³-hybridized carbons (Fsp3) is 0.304. The quantitative estimate of drug-likeness (QED) is 0.643. The molecule has 1 aliphatic carbocycles. The van der Waals surface area contributed by atoms with E-state index in [9.17, 15) is 4.79 Å². The van der Waals surface area contributed by atoms with Crippen molar-refractivity contribution in [3.05, 3.63) is 65.6 Å². The number of fused-ring (bicyclic) bond motifs is 1. The third-order valence-corrected chi connectivity index (χ3v) is 5.28. The van der Waals surface area contributed by atoms with Crippen LogP contribution in [-0.2, 0) is 12.8 Å². The standard InChI is InChI=1S/C23H25N3O/c1-4-15-7-5-6-8-17(15)25-22-20-18(13-23(2,3)14-19(20)27)26-21(22)16-9-11-24-12-10-16/h5-12,25-26H,4,13-14H2,1-3H3. The number of aromatic amines is 1. The van der Waals surface area contributed by atoms with Crippen molar-refractivity contribution in [3.8, 4) is 11.3 Å². The summed E-state index contributed by atoms with van der Waals surface area (Å²) in [6.45, 7) is 6.45. The highest BCUT2D eigenvalue weighted by molar-refractivity contribution is 6.07. The summed E-state index contributed by atoms with van der Waals surface area (Å²) in [5.41, 5.74) is 6.97. The molecule has 0 spiro atoms. The van der Waals surface area contributed by atoms with Gasteiger partial charge in [0.25, 0.3) is 0 Å². The fourth-order valence-electron chi connectivity index (χ4n) is 4.00. The minimum absolute atomic E-state index is 0.0248. The number of Topliss-reactive ketones (excluding diaryl/α,β-unsaturated/α-hetero) is 1. The molecule has 0 radical (unpaired) electrons. The van der Waals surface area contributed by atoms with Gasteiger partial charge < -0.3 is 10.3 Å². The number of ketones is 1. The highest BCUT2D eigenvalue weighted by Gasteiger charge is 2.35. The van der Waals surface area contributed by atoms with Crippen molar-refractivity contribution >= 4 is 17.2 Å². The van der Waals surface area contributed by atoms with Crippen LogP contribution in [0.25, 0.3) is 11.3 Å². The van der Waals surface area contributed by atoms with Crippen LogP contribution < -0.4 is 5.32 Å². The lowest BCUT2D eigenvalue weighted by Crippen LogP contribution is -2.26.